The summed E-state index contributed by atoms with van der Waals surface area (Å²) in [5.74, 6) is 1.63. The first-order valence-corrected chi connectivity index (χ1v) is 9.35. The van der Waals surface area contributed by atoms with E-state index in [2.05, 4.69) is 29.6 Å². The van der Waals surface area contributed by atoms with Crippen molar-refractivity contribution in [2.75, 3.05) is 27.4 Å². The molecule has 0 saturated carbocycles. The molecule has 1 atom stereocenters. The van der Waals surface area contributed by atoms with Crippen LogP contribution in [0.2, 0.25) is 0 Å². The summed E-state index contributed by atoms with van der Waals surface area (Å²) in [5.41, 5.74) is 3.44. The summed E-state index contributed by atoms with van der Waals surface area (Å²) in [6.07, 6.45) is 6.18. The molecule has 1 aliphatic rings. The van der Waals surface area contributed by atoms with E-state index in [1.165, 1.54) is 5.56 Å². The van der Waals surface area contributed by atoms with Crippen molar-refractivity contribution >= 4 is 6.20 Å². The van der Waals surface area contributed by atoms with Crippen molar-refractivity contribution in [1.82, 2.24) is 14.7 Å². The Hall–Kier alpha value is -2.31. The fraction of sp³-hybridized carbons (Fsp3) is 0.476. The van der Waals surface area contributed by atoms with Gasteiger partial charge in [0.1, 0.15) is 11.5 Å². The lowest BCUT2D eigenvalue weighted by Crippen LogP contribution is -2.31. The maximum absolute atomic E-state index is 5.88. The number of hydrogen-bond donors (Lipinski definition) is 0. The van der Waals surface area contributed by atoms with Gasteiger partial charge in [0.25, 0.3) is 0 Å². The number of aromatic nitrogens is 2. The minimum Gasteiger partial charge on any atom is -0.497 e. The van der Waals surface area contributed by atoms with Gasteiger partial charge in [0.2, 0.25) is 0 Å². The second kappa shape index (κ2) is 9.06. The van der Waals surface area contributed by atoms with Crippen LogP contribution < -0.4 is 9.47 Å². The first kappa shape index (κ1) is 19.5. The molecule has 2 heterocycles. The molecule has 1 aromatic carbocycles. The lowest BCUT2D eigenvalue weighted by molar-refractivity contribution is 0.0675. The molecule has 1 aromatic heterocycles. The summed E-state index contributed by atoms with van der Waals surface area (Å²) in [4.78, 5) is 2.40. The number of hydrogen-bond acceptors (Lipinski definition) is 5. The van der Waals surface area contributed by atoms with E-state index >= 15 is 0 Å². The molecule has 1 aliphatic heterocycles. The number of rotatable bonds is 9. The van der Waals surface area contributed by atoms with Gasteiger partial charge in [0.05, 0.1) is 26.5 Å². The van der Waals surface area contributed by atoms with Crippen LogP contribution in [0.4, 0.5) is 0 Å². The van der Waals surface area contributed by atoms with Gasteiger partial charge in [-0.2, -0.15) is 5.10 Å². The molecule has 6 heteroatoms. The number of ether oxygens (including phenoxy) is 3. The number of nitrogens with zero attached hydrogens (tertiary/aromatic N) is 3. The molecular formula is C21H29N3O3. The van der Waals surface area contributed by atoms with Crippen molar-refractivity contribution in [3.05, 3.63) is 47.8 Å². The monoisotopic (exact) mass is 371 g/mol. The van der Waals surface area contributed by atoms with Crippen molar-refractivity contribution in [1.29, 1.82) is 0 Å². The topological polar surface area (TPSA) is 48.8 Å². The van der Waals surface area contributed by atoms with Gasteiger partial charge in [-0.3, -0.25) is 4.90 Å². The van der Waals surface area contributed by atoms with Crippen molar-refractivity contribution in [2.45, 2.75) is 39.0 Å². The van der Waals surface area contributed by atoms with Crippen LogP contribution in [0.3, 0.4) is 0 Å². The zero-order valence-electron chi connectivity index (χ0n) is 16.5. The molecule has 3 rings (SSSR count). The smallest absolute Gasteiger partial charge is 0.127 e. The Morgan fingerprint density at radius 3 is 2.74 bits per heavy atom. The highest BCUT2D eigenvalue weighted by Gasteiger charge is 2.21. The third kappa shape index (κ3) is 4.70. The van der Waals surface area contributed by atoms with Gasteiger partial charge in [0, 0.05) is 55.3 Å². The van der Waals surface area contributed by atoms with Crippen molar-refractivity contribution in [3.63, 3.8) is 0 Å². The van der Waals surface area contributed by atoms with E-state index in [1.807, 2.05) is 23.0 Å². The highest BCUT2D eigenvalue weighted by atomic mass is 16.5. The average molecular weight is 371 g/mol. The molecule has 0 spiro atoms. The first-order valence-electron chi connectivity index (χ1n) is 9.35. The molecule has 6 nitrogen and oxygen atoms in total. The molecule has 1 unspecified atom stereocenters. The second-order valence-electron chi connectivity index (χ2n) is 6.86. The van der Waals surface area contributed by atoms with Crippen LogP contribution in [0.1, 0.15) is 29.7 Å². The predicted molar refractivity (Wildman–Crippen MR) is 106 cm³/mol. The number of methoxy groups -OCH3 is 2. The standard InChI is InChI=1S/C21H29N3O3/c1-5-24-16(2)18(12-22-24)14-23(15-20-7-6-10-27-20)13-17-8-9-19(25-3)11-21(17)26-4/h5,8-9,11-12,20H,1,6-7,10,13-15H2,2-4H3. The molecule has 0 amide bonds. The van der Waals surface area contributed by atoms with Crippen LogP contribution in [-0.2, 0) is 17.8 Å². The molecule has 0 N–H and O–H groups in total. The molecular weight excluding hydrogens is 342 g/mol. The van der Waals surface area contributed by atoms with Gasteiger partial charge in [-0.25, -0.2) is 4.68 Å². The number of benzene rings is 1. The maximum atomic E-state index is 5.88. The van der Waals surface area contributed by atoms with Gasteiger partial charge in [-0.15, -0.1) is 0 Å². The highest BCUT2D eigenvalue weighted by molar-refractivity contribution is 5.40. The van der Waals surface area contributed by atoms with E-state index in [0.29, 0.717) is 0 Å². The van der Waals surface area contributed by atoms with Crippen LogP contribution in [-0.4, -0.2) is 48.2 Å². The van der Waals surface area contributed by atoms with Gasteiger partial charge < -0.3 is 14.2 Å². The molecule has 1 fully saturated rings. The van der Waals surface area contributed by atoms with Crippen LogP contribution in [0.15, 0.2) is 31.0 Å². The van der Waals surface area contributed by atoms with E-state index < -0.39 is 0 Å². The first-order chi connectivity index (χ1) is 13.1. The Morgan fingerprint density at radius 1 is 1.30 bits per heavy atom. The Labute approximate surface area is 161 Å². The zero-order valence-corrected chi connectivity index (χ0v) is 16.5. The van der Waals surface area contributed by atoms with Crippen molar-refractivity contribution in [2.24, 2.45) is 0 Å². The van der Waals surface area contributed by atoms with Gasteiger partial charge in [0.15, 0.2) is 0 Å². The Kier molecular flexibility index (Phi) is 6.53. The summed E-state index contributed by atoms with van der Waals surface area (Å²) in [6, 6.07) is 5.98. The van der Waals surface area contributed by atoms with Crippen molar-refractivity contribution in [3.8, 4) is 11.5 Å². The van der Waals surface area contributed by atoms with Gasteiger partial charge in [-0.1, -0.05) is 12.6 Å². The maximum Gasteiger partial charge on any atom is 0.127 e. The third-order valence-electron chi connectivity index (χ3n) is 5.09. The molecule has 146 valence electrons. The lowest BCUT2D eigenvalue weighted by Gasteiger charge is -2.26. The highest BCUT2D eigenvalue weighted by Crippen LogP contribution is 2.27. The lowest BCUT2D eigenvalue weighted by atomic mass is 10.1. The summed E-state index contributed by atoms with van der Waals surface area (Å²) in [6.45, 7) is 9.20. The van der Waals surface area contributed by atoms with Crippen LogP contribution in [0.25, 0.3) is 6.20 Å². The Balaban J connectivity index is 1.80. The summed E-state index contributed by atoms with van der Waals surface area (Å²) < 4.78 is 18.6. The quantitative estimate of drug-likeness (QED) is 0.675. The van der Waals surface area contributed by atoms with Gasteiger partial charge in [-0.05, 0) is 25.8 Å². The molecule has 0 aliphatic carbocycles. The Morgan fingerprint density at radius 2 is 2.11 bits per heavy atom. The third-order valence-corrected chi connectivity index (χ3v) is 5.09. The van der Waals surface area contributed by atoms with Crippen molar-refractivity contribution < 1.29 is 14.2 Å². The minimum absolute atomic E-state index is 0.281. The second-order valence-corrected chi connectivity index (χ2v) is 6.86. The predicted octanol–water partition coefficient (Wildman–Crippen LogP) is 3.49. The summed E-state index contributed by atoms with van der Waals surface area (Å²) in [5, 5.41) is 4.38. The SMILES string of the molecule is C=Cn1ncc(CN(Cc2ccc(OC)cc2OC)CC2CCCO2)c1C. The molecule has 2 aromatic rings. The zero-order chi connectivity index (χ0) is 19.2. The van der Waals surface area contributed by atoms with E-state index in [9.17, 15) is 0 Å². The fourth-order valence-corrected chi connectivity index (χ4v) is 3.52. The van der Waals surface area contributed by atoms with Crippen LogP contribution in [0, 0.1) is 6.92 Å². The normalized spacial score (nSPS) is 16.7. The van der Waals surface area contributed by atoms with Gasteiger partial charge >= 0.3 is 0 Å². The van der Waals surface area contributed by atoms with E-state index in [-0.39, 0.29) is 6.10 Å². The summed E-state index contributed by atoms with van der Waals surface area (Å²) in [7, 11) is 3.36. The largest absolute Gasteiger partial charge is 0.497 e. The van der Waals surface area contributed by atoms with E-state index in [0.717, 1.165) is 61.8 Å². The van der Waals surface area contributed by atoms with E-state index in [4.69, 9.17) is 14.2 Å². The Bertz CT molecular complexity index is 766. The van der Waals surface area contributed by atoms with E-state index in [1.54, 1.807) is 20.4 Å². The van der Waals surface area contributed by atoms with Crippen LogP contribution >= 0.6 is 0 Å². The molecule has 0 bridgehead atoms. The molecule has 27 heavy (non-hydrogen) atoms. The molecule has 0 radical (unpaired) electrons. The minimum atomic E-state index is 0.281. The molecule has 1 saturated heterocycles. The average Bonchev–Trinajstić information content (AvgIpc) is 3.32. The summed E-state index contributed by atoms with van der Waals surface area (Å²) >= 11 is 0. The van der Waals surface area contributed by atoms with Crippen LogP contribution in [0.5, 0.6) is 11.5 Å². The fourth-order valence-electron chi connectivity index (χ4n) is 3.52.